The van der Waals surface area contributed by atoms with E-state index < -0.39 is 0 Å². The van der Waals surface area contributed by atoms with Crippen molar-refractivity contribution >= 4 is 35.8 Å². The molecular formula is C25H37IN6O. The zero-order chi connectivity index (χ0) is 22.3. The van der Waals surface area contributed by atoms with Gasteiger partial charge in [-0.2, -0.15) is 0 Å². The first kappa shape index (κ1) is 25.5. The van der Waals surface area contributed by atoms with E-state index in [1.54, 1.807) is 7.05 Å². The number of imidazole rings is 1. The molecule has 0 aliphatic carbocycles. The highest BCUT2D eigenvalue weighted by Gasteiger charge is 2.29. The Hall–Kier alpha value is -2.10. The molecule has 3 heterocycles. The number of guanidine groups is 1. The van der Waals surface area contributed by atoms with Gasteiger partial charge in [0.15, 0.2) is 5.96 Å². The Morgan fingerprint density at radius 2 is 1.85 bits per heavy atom. The zero-order valence-corrected chi connectivity index (χ0v) is 22.1. The molecule has 0 saturated carbocycles. The molecule has 0 bridgehead atoms. The second kappa shape index (κ2) is 12.4. The van der Waals surface area contributed by atoms with Gasteiger partial charge in [0.05, 0.1) is 18.9 Å². The molecule has 180 valence electrons. The average molecular weight is 565 g/mol. The third-order valence-electron chi connectivity index (χ3n) is 7.07. The van der Waals surface area contributed by atoms with Crippen LogP contribution in [-0.4, -0.2) is 71.0 Å². The molecule has 2 saturated heterocycles. The smallest absolute Gasteiger partial charge is 0.241 e. The highest BCUT2D eigenvalue weighted by atomic mass is 127. The first-order chi connectivity index (χ1) is 15.6. The van der Waals surface area contributed by atoms with Crippen LogP contribution in [0.15, 0.2) is 54.0 Å². The SMILES string of the molecule is CN=C(NCC(=O)N1CCC(Cc2ccccc2)CC1)N1CCC(C)C(n2ccnc2)C1.I. The molecule has 2 atom stereocenters. The normalized spacial score (nSPS) is 22.1. The third-order valence-corrected chi connectivity index (χ3v) is 7.07. The summed E-state index contributed by atoms with van der Waals surface area (Å²) in [5.41, 5.74) is 1.40. The van der Waals surface area contributed by atoms with E-state index in [1.807, 2.05) is 23.6 Å². The highest BCUT2D eigenvalue weighted by Crippen LogP contribution is 2.27. The second-order valence-corrected chi connectivity index (χ2v) is 9.20. The number of likely N-dealkylation sites (tertiary alicyclic amines) is 2. The monoisotopic (exact) mass is 564 g/mol. The van der Waals surface area contributed by atoms with Crippen molar-refractivity contribution in [3.8, 4) is 0 Å². The lowest BCUT2D eigenvalue weighted by atomic mass is 9.90. The molecule has 4 rings (SSSR count). The Bertz CT molecular complexity index is 880. The molecule has 2 aliphatic heterocycles. The van der Waals surface area contributed by atoms with Crippen molar-refractivity contribution < 1.29 is 4.79 Å². The first-order valence-electron chi connectivity index (χ1n) is 11.9. The molecule has 33 heavy (non-hydrogen) atoms. The summed E-state index contributed by atoms with van der Waals surface area (Å²) < 4.78 is 2.19. The Kier molecular flexibility index (Phi) is 9.58. The summed E-state index contributed by atoms with van der Waals surface area (Å²) in [6.07, 6.45) is 10.1. The van der Waals surface area contributed by atoms with E-state index in [0.29, 0.717) is 24.4 Å². The number of aliphatic imine (C=N–C) groups is 1. The van der Waals surface area contributed by atoms with E-state index in [4.69, 9.17) is 0 Å². The van der Waals surface area contributed by atoms with Gasteiger partial charge in [0.1, 0.15) is 0 Å². The second-order valence-electron chi connectivity index (χ2n) is 9.20. The highest BCUT2D eigenvalue weighted by molar-refractivity contribution is 14.0. The quantitative estimate of drug-likeness (QED) is 0.344. The number of carbonyl (C=O) groups is 1. The van der Waals surface area contributed by atoms with Crippen molar-refractivity contribution in [1.82, 2.24) is 24.7 Å². The summed E-state index contributed by atoms with van der Waals surface area (Å²) in [6, 6.07) is 11.0. The summed E-state index contributed by atoms with van der Waals surface area (Å²) >= 11 is 0. The molecule has 1 N–H and O–H groups in total. The molecular weight excluding hydrogens is 527 g/mol. The maximum atomic E-state index is 12.8. The van der Waals surface area contributed by atoms with E-state index in [-0.39, 0.29) is 29.9 Å². The molecule has 0 radical (unpaired) electrons. The van der Waals surface area contributed by atoms with E-state index in [1.165, 1.54) is 5.56 Å². The van der Waals surface area contributed by atoms with Gasteiger partial charge in [0.25, 0.3) is 0 Å². The van der Waals surface area contributed by atoms with E-state index in [2.05, 4.69) is 62.0 Å². The fourth-order valence-corrected chi connectivity index (χ4v) is 5.03. The van der Waals surface area contributed by atoms with Gasteiger partial charge in [0, 0.05) is 45.6 Å². The van der Waals surface area contributed by atoms with E-state index in [0.717, 1.165) is 57.8 Å². The number of nitrogens with zero attached hydrogens (tertiary/aromatic N) is 5. The predicted molar refractivity (Wildman–Crippen MR) is 143 cm³/mol. The van der Waals surface area contributed by atoms with Gasteiger partial charge >= 0.3 is 0 Å². The van der Waals surface area contributed by atoms with Crippen molar-refractivity contribution in [3.05, 3.63) is 54.6 Å². The standard InChI is InChI=1S/C25H36N6O.HI/c1-20-8-12-30(18-23(20)31-15-11-27-19-31)25(26-2)28-17-24(32)29-13-9-22(10-14-29)16-21-6-4-3-5-7-21;/h3-7,11,15,19-20,22-23H,8-10,12-14,16-18H2,1-2H3,(H,26,28);1H. The number of amides is 1. The third kappa shape index (κ3) is 6.71. The van der Waals surface area contributed by atoms with Crippen LogP contribution in [0.4, 0.5) is 0 Å². The van der Waals surface area contributed by atoms with Gasteiger partial charge in [-0.15, -0.1) is 24.0 Å². The van der Waals surface area contributed by atoms with Crippen molar-refractivity contribution in [2.45, 2.75) is 38.6 Å². The molecule has 2 aromatic rings. The molecule has 2 unspecified atom stereocenters. The van der Waals surface area contributed by atoms with E-state index in [9.17, 15) is 4.79 Å². The number of piperidine rings is 2. The molecule has 1 amide bonds. The minimum Gasteiger partial charge on any atom is -0.347 e. The number of aromatic nitrogens is 2. The number of rotatable bonds is 5. The summed E-state index contributed by atoms with van der Waals surface area (Å²) in [4.78, 5) is 25.8. The van der Waals surface area contributed by atoms with Gasteiger partial charge < -0.3 is 19.7 Å². The van der Waals surface area contributed by atoms with Crippen LogP contribution < -0.4 is 5.32 Å². The number of halogens is 1. The topological polar surface area (TPSA) is 65.8 Å². The molecule has 1 aromatic carbocycles. The fourth-order valence-electron chi connectivity index (χ4n) is 5.03. The number of hydrogen-bond donors (Lipinski definition) is 1. The van der Waals surface area contributed by atoms with Crippen LogP contribution in [0, 0.1) is 11.8 Å². The average Bonchev–Trinajstić information content (AvgIpc) is 3.36. The van der Waals surface area contributed by atoms with Crippen molar-refractivity contribution in [3.63, 3.8) is 0 Å². The van der Waals surface area contributed by atoms with Gasteiger partial charge in [-0.25, -0.2) is 4.98 Å². The van der Waals surface area contributed by atoms with Gasteiger partial charge in [-0.1, -0.05) is 37.3 Å². The summed E-state index contributed by atoms with van der Waals surface area (Å²) in [5, 5.41) is 3.33. The minimum absolute atomic E-state index is 0. The predicted octanol–water partition coefficient (Wildman–Crippen LogP) is 3.44. The number of carbonyl (C=O) groups excluding carboxylic acids is 1. The maximum absolute atomic E-state index is 12.8. The lowest BCUT2D eigenvalue weighted by Crippen LogP contribution is -2.51. The number of benzene rings is 1. The largest absolute Gasteiger partial charge is 0.347 e. The van der Waals surface area contributed by atoms with Crippen LogP contribution in [0.3, 0.4) is 0 Å². The Morgan fingerprint density at radius 3 is 2.52 bits per heavy atom. The van der Waals surface area contributed by atoms with Crippen molar-refractivity contribution in [1.29, 1.82) is 0 Å². The molecule has 8 heteroatoms. The van der Waals surface area contributed by atoms with Crippen molar-refractivity contribution in [2.75, 3.05) is 39.8 Å². The summed E-state index contributed by atoms with van der Waals surface area (Å²) in [5.74, 6) is 2.23. The first-order valence-corrected chi connectivity index (χ1v) is 11.9. The van der Waals surface area contributed by atoms with Crippen LogP contribution in [0.25, 0.3) is 0 Å². The summed E-state index contributed by atoms with van der Waals surface area (Å²) in [6.45, 7) is 6.11. The molecule has 1 aromatic heterocycles. The van der Waals surface area contributed by atoms with E-state index >= 15 is 0 Å². The molecule has 2 aliphatic rings. The van der Waals surface area contributed by atoms with Gasteiger partial charge in [-0.05, 0) is 43.1 Å². The Labute approximate surface area is 214 Å². The Balaban J connectivity index is 0.00000306. The van der Waals surface area contributed by atoms with Crippen LogP contribution in [0.2, 0.25) is 0 Å². The van der Waals surface area contributed by atoms with Crippen LogP contribution in [0.5, 0.6) is 0 Å². The maximum Gasteiger partial charge on any atom is 0.241 e. The number of hydrogen-bond acceptors (Lipinski definition) is 3. The minimum atomic E-state index is 0. The molecule has 0 spiro atoms. The Morgan fingerprint density at radius 1 is 1.12 bits per heavy atom. The van der Waals surface area contributed by atoms with Crippen LogP contribution in [0.1, 0.15) is 37.8 Å². The van der Waals surface area contributed by atoms with Crippen LogP contribution in [-0.2, 0) is 11.2 Å². The van der Waals surface area contributed by atoms with Crippen molar-refractivity contribution in [2.24, 2.45) is 16.8 Å². The van der Waals surface area contributed by atoms with Crippen LogP contribution >= 0.6 is 24.0 Å². The summed E-state index contributed by atoms with van der Waals surface area (Å²) in [7, 11) is 1.80. The lowest BCUT2D eigenvalue weighted by molar-refractivity contribution is -0.131. The lowest BCUT2D eigenvalue weighted by Gasteiger charge is -2.39. The molecule has 2 fully saturated rings. The molecule has 7 nitrogen and oxygen atoms in total. The van der Waals surface area contributed by atoms with Gasteiger partial charge in [-0.3, -0.25) is 9.79 Å². The fraction of sp³-hybridized carbons (Fsp3) is 0.560. The number of nitrogens with one attached hydrogen (secondary N) is 1. The van der Waals surface area contributed by atoms with Gasteiger partial charge in [0.2, 0.25) is 5.91 Å². The zero-order valence-electron chi connectivity index (χ0n) is 19.8.